The van der Waals surface area contributed by atoms with Crippen molar-refractivity contribution in [1.29, 1.82) is 0 Å². The van der Waals surface area contributed by atoms with Gasteiger partial charge in [0.05, 0.1) is 6.33 Å². The van der Waals surface area contributed by atoms with Crippen LogP contribution in [0.25, 0.3) is 0 Å². The van der Waals surface area contributed by atoms with Crippen molar-refractivity contribution in [3.8, 4) is 0 Å². The molecular weight excluding hydrogens is 334 g/mol. The van der Waals surface area contributed by atoms with Crippen molar-refractivity contribution < 1.29 is 8.42 Å². The highest BCUT2D eigenvalue weighted by atomic mass is 79.9. The second-order valence-corrected chi connectivity index (χ2v) is 6.39. The molecule has 0 spiro atoms. The van der Waals surface area contributed by atoms with Gasteiger partial charge in [-0.15, -0.1) is 0 Å². The predicted molar refractivity (Wildman–Crippen MR) is 73.8 cm³/mol. The number of sulfonamides is 1. The number of anilines is 1. The summed E-state index contributed by atoms with van der Waals surface area (Å²) in [5, 5.41) is 0. The minimum Gasteiger partial charge on any atom is -0.383 e. The molecular formula is C10H12BrN5O2S. The van der Waals surface area contributed by atoms with Crippen LogP contribution in [0.5, 0.6) is 0 Å². The topological polar surface area (TPSA) is 103 Å². The number of nitrogens with one attached hydrogen (secondary N) is 1. The number of hydrogen-bond acceptors (Lipinski definition) is 5. The first-order valence-electron chi connectivity index (χ1n) is 5.35. The minimum absolute atomic E-state index is 0.0293. The molecule has 0 unspecified atom stereocenters. The molecule has 0 saturated heterocycles. The first-order valence-corrected chi connectivity index (χ1v) is 7.63. The van der Waals surface area contributed by atoms with Gasteiger partial charge in [-0.2, -0.15) is 0 Å². The summed E-state index contributed by atoms with van der Waals surface area (Å²) in [6, 6.07) is 1.42. The Kier molecular flexibility index (Phi) is 4.17. The molecule has 0 fully saturated rings. The highest BCUT2D eigenvalue weighted by Gasteiger charge is 2.18. The standard InChI is InChI=1S/C10H12BrN5O2S/c11-8-5-9(10(12)14-6-8)19(17,18)15-2-4-16-3-1-13-7-16/h1,3,5-7,15H,2,4H2,(H2,12,14). The highest BCUT2D eigenvalue weighted by molar-refractivity contribution is 9.10. The molecule has 3 N–H and O–H groups in total. The summed E-state index contributed by atoms with van der Waals surface area (Å²) in [6.07, 6.45) is 6.44. The van der Waals surface area contributed by atoms with Crippen molar-refractivity contribution >= 4 is 31.8 Å². The molecule has 0 radical (unpaired) electrons. The quantitative estimate of drug-likeness (QED) is 0.825. The van der Waals surface area contributed by atoms with Crippen molar-refractivity contribution in [2.45, 2.75) is 11.4 Å². The van der Waals surface area contributed by atoms with Gasteiger partial charge in [-0.25, -0.2) is 23.1 Å². The first-order chi connectivity index (χ1) is 8.99. The Balaban J connectivity index is 2.07. The molecule has 2 rings (SSSR count). The number of nitrogens with two attached hydrogens (primary N) is 1. The fourth-order valence-corrected chi connectivity index (χ4v) is 3.06. The van der Waals surface area contributed by atoms with E-state index in [0.29, 0.717) is 11.0 Å². The van der Waals surface area contributed by atoms with E-state index in [1.807, 2.05) is 0 Å². The van der Waals surface area contributed by atoms with Crippen LogP contribution in [0.15, 0.2) is 40.4 Å². The lowest BCUT2D eigenvalue weighted by molar-refractivity contribution is 0.573. The minimum atomic E-state index is -3.67. The molecule has 2 aromatic heterocycles. The van der Waals surface area contributed by atoms with Crippen molar-refractivity contribution in [3.05, 3.63) is 35.5 Å². The molecule has 0 aromatic carbocycles. The van der Waals surface area contributed by atoms with Crippen LogP contribution in [-0.4, -0.2) is 29.5 Å². The summed E-state index contributed by atoms with van der Waals surface area (Å²) >= 11 is 3.17. The second kappa shape index (κ2) is 5.68. The van der Waals surface area contributed by atoms with Crippen molar-refractivity contribution in [1.82, 2.24) is 19.3 Å². The third-order valence-corrected chi connectivity index (χ3v) is 4.28. The van der Waals surface area contributed by atoms with Gasteiger partial charge in [-0.05, 0) is 22.0 Å². The van der Waals surface area contributed by atoms with Gasteiger partial charge >= 0.3 is 0 Å². The largest absolute Gasteiger partial charge is 0.383 e. The van der Waals surface area contributed by atoms with Crippen LogP contribution in [0.3, 0.4) is 0 Å². The molecule has 19 heavy (non-hydrogen) atoms. The molecule has 0 aliphatic carbocycles. The number of aromatic nitrogens is 3. The number of halogens is 1. The van der Waals surface area contributed by atoms with Crippen LogP contribution in [-0.2, 0) is 16.6 Å². The zero-order valence-corrected chi connectivity index (χ0v) is 12.2. The summed E-state index contributed by atoms with van der Waals surface area (Å²) in [4.78, 5) is 7.64. The van der Waals surface area contributed by atoms with E-state index in [-0.39, 0.29) is 17.3 Å². The highest BCUT2D eigenvalue weighted by Crippen LogP contribution is 2.20. The lowest BCUT2D eigenvalue weighted by Gasteiger charge is -2.09. The van der Waals surface area contributed by atoms with Crippen molar-refractivity contribution in [2.75, 3.05) is 12.3 Å². The van der Waals surface area contributed by atoms with Gasteiger partial charge in [0.2, 0.25) is 10.0 Å². The average Bonchev–Trinajstić information content (AvgIpc) is 2.85. The fourth-order valence-electron chi connectivity index (χ4n) is 1.45. The van der Waals surface area contributed by atoms with E-state index in [1.165, 1.54) is 12.3 Å². The van der Waals surface area contributed by atoms with Crippen LogP contribution < -0.4 is 10.5 Å². The first kappa shape index (κ1) is 14.0. The molecule has 0 atom stereocenters. The summed E-state index contributed by atoms with van der Waals surface area (Å²) in [6.45, 7) is 0.727. The van der Waals surface area contributed by atoms with E-state index in [9.17, 15) is 8.42 Å². The SMILES string of the molecule is Nc1ncc(Br)cc1S(=O)(=O)NCCn1ccnc1. The van der Waals surface area contributed by atoms with Gasteiger partial charge < -0.3 is 10.3 Å². The molecule has 2 heterocycles. The summed E-state index contributed by atoms with van der Waals surface area (Å²) < 4.78 is 28.9. The third kappa shape index (κ3) is 3.52. The van der Waals surface area contributed by atoms with Gasteiger partial charge in [-0.1, -0.05) is 0 Å². The number of pyridine rings is 1. The van der Waals surface area contributed by atoms with Crippen LogP contribution >= 0.6 is 15.9 Å². The Hall–Kier alpha value is -1.45. The molecule has 0 amide bonds. The van der Waals surface area contributed by atoms with Crippen LogP contribution in [0.1, 0.15) is 0 Å². The lowest BCUT2D eigenvalue weighted by atomic mass is 10.5. The molecule has 2 aromatic rings. The van der Waals surface area contributed by atoms with Crippen LogP contribution in [0.2, 0.25) is 0 Å². The Bertz CT molecular complexity index is 657. The van der Waals surface area contributed by atoms with Crippen LogP contribution in [0.4, 0.5) is 5.82 Å². The monoisotopic (exact) mass is 345 g/mol. The van der Waals surface area contributed by atoms with E-state index in [2.05, 4.69) is 30.6 Å². The molecule has 0 aliphatic rings. The Morgan fingerprint density at radius 1 is 1.47 bits per heavy atom. The van der Waals surface area contributed by atoms with E-state index in [1.54, 1.807) is 23.3 Å². The summed E-state index contributed by atoms with van der Waals surface area (Å²) in [7, 11) is -3.67. The van der Waals surface area contributed by atoms with Crippen molar-refractivity contribution in [3.63, 3.8) is 0 Å². The predicted octanol–water partition coefficient (Wildman–Crippen LogP) is 0.601. The molecule has 0 bridgehead atoms. The normalized spacial score (nSPS) is 11.6. The average molecular weight is 346 g/mol. The smallest absolute Gasteiger partial charge is 0.244 e. The third-order valence-electron chi connectivity index (χ3n) is 2.36. The van der Waals surface area contributed by atoms with Gasteiger partial charge in [0, 0.05) is 36.2 Å². The second-order valence-electron chi connectivity index (χ2n) is 3.74. The van der Waals surface area contributed by atoms with Gasteiger partial charge in [0.15, 0.2) is 0 Å². The van der Waals surface area contributed by atoms with E-state index in [4.69, 9.17) is 5.73 Å². The molecule has 0 aliphatic heterocycles. The maximum Gasteiger partial charge on any atom is 0.244 e. The molecule has 102 valence electrons. The number of hydrogen-bond donors (Lipinski definition) is 2. The van der Waals surface area contributed by atoms with Crippen LogP contribution in [0, 0.1) is 0 Å². The Labute approximate surface area is 119 Å². The Morgan fingerprint density at radius 2 is 2.26 bits per heavy atom. The number of nitrogens with zero attached hydrogens (tertiary/aromatic N) is 3. The fraction of sp³-hybridized carbons (Fsp3) is 0.200. The van der Waals surface area contributed by atoms with Gasteiger partial charge in [0.25, 0.3) is 0 Å². The summed E-state index contributed by atoms with van der Waals surface area (Å²) in [5.74, 6) is -0.0293. The zero-order valence-electron chi connectivity index (χ0n) is 9.82. The van der Waals surface area contributed by atoms with E-state index in [0.717, 1.165) is 0 Å². The van der Waals surface area contributed by atoms with Gasteiger partial charge in [-0.3, -0.25) is 0 Å². The van der Waals surface area contributed by atoms with Crippen molar-refractivity contribution in [2.24, 2.45) is 0 Å². The number of nitrogen functional groups attached to an aromatic ring is 1. The molecule has 0 saturated carbocycles. The van der Waals surface area contributed by atoms with Gasteiger partial charge in [0.1, 0.15) is 10.7 Å². The van der Waals surface area contributed by atoms with E-state index >= 15 is 0 Å². The molecule has 7 nitrogen and oxygen atoms in total. The number of imidazole rings is 1. The maximum absolute atomic E-state index is 12.1. The van der Waals surface area contributed by atoms with E-state index < -0.39 is 10.0 Å². The lowest BCUT2D eigenvalue weighted by Crippen LogP contribution is -2.28. The maximum atomic E-state index is 12.1. The molecule has 9 heteroatoms. The summed E-state index contributed by atoms with van der Waals surface area (Å²) in [5.41, 5.74) is 5.58. The zero-order chi connectivity index (χ0) is 13.9. The Morgan fingerprint density at radius 3 is 2.95 bits per heavy atom. The number of rotatable bonds is 5.